The van der Waals surface area contributed by atoms with Crippen molar-refractivity contribution in [1.29, 1.82) is 0 Å². The zero-order chi connectivity index (χ0) is 19.6. The Morgan fingerprint density at radius 3 is 2.59 bits per heavy atom. The molecule has 0 aromatic heterocycles. The molecule has 0 spiro atoms. The normalized spacial score (nSPS) is 19.7. The molecule has 27 heavy (non-hydrogen) atoms. The van der Waals surface area contributed by atoms with Crippen molar-refractivity contribution in [3.8, 4) is 5.75 Å². The van der Waals surface area contributed by atoms with E-state index in [0.29, 0.717) is 31.9 Å². The van der Waals surface area contributed by atoms with Crippen LogP contribution in [0.15, 0.2) is 12.1 Å². The van der Waals surface area contributed by atoms with E-state index in [4.69, 9.17) is 16.3 Å². The average Bonchev–Trinajstić information content (AvgIpc) is 2.99. The van der Waals surface area contributed by atoms with Crippen molar-refractivity contribution >= 4 is 35.1 Å². The molecule has 0 bridgehead atoms. The predicted octanol–water partition coefficient (Wildman–Crippen LogP) is 1.12. The Morgan fingerprint density at radius 1 is 1.30 bits per heavy atom. The number of nitrogens with one attached hydrogen (secondary N) is 2. The lowest BCUT2D eigenvalue weighted by Crippen LogP contribution is -2.49. The number of carbonyl (C=O) groups excluding carboxylic acids is 3. The molecule has 2 saturated heterocycles. The number of imide groups is 1. The summed E-state index contributed by atoms with van der Waals surface area (Å²) in [5, 5.41) is 4.56. The maximum atomic E-state index is 13.9. The quantitative estimate of drug-likeness (QED) is 0.725. The van der Waals surface area contributed by atoms with Crippen LogP contribution in [0.4, 0.5) is 14.9 Å². The number of rotatable bonds is 5. The zero-order valence-electron chi connectivity index (χ0n) is 14.8. The Bertz CT molecular complexity index is 768. The molecule has 2 aliphatic heterocycles. The van der Waals surface area contributed by atoms with E-state index in [1.165, 1.54) is 13.2 Å². The Balaban J connectivity index is 1.53. The smallest absolute Gasteiger partial charge is 0.322 e. The van der Waals surface area contributed by atoms with E-state index in [2.05, 4.69) is 10.6 Å². The minimum atomic E-state index is -0.660. The molecule has 8 nitrogen and oxygen atoms in total. The highest BCUT2D eigenvalue weighted by Crippen LogP contribution is 2.32. The van der Waals surface area contributed by atoms with Crippen LogP contribution in [-0.2, 0) is 9.59 Å². The summed E-state index contributed by atoms with van der Waals surface area (Å²) in [7, 11) is 1.42. The van der Waals surface area contributed by atoms with Gasteiger partial charge in [0.05, 0.1) is 7.11 Å². The summed E-state index contributed by atoms with van der Waals surface area (Å²) in [6.45, 7) is 2.04. The van der Waals surface area contributed by atoms with Gasteiger partial charge in [-0.15, -0.1) is 0 Å². The standard InChI is InChI=1S/C17H20ClFN4O4/c1-27-13-9-10(8-11(19)15(13)18)22-4-6-23(7-5-22)14(24)3-2-12-16(25)21-17(26)20-12/h8-9,12H,2-7H2,1H3,(H2,20,21,25,26)/t12-/m1/s1. The summed E-state index contributed by atoms with van der Waals surface area (Å²) in [5.41, 5.74) is 0.645. The average molecular weight is 399 g/mol. The fourth-order valence-corrected chi connectivity index (χ4v) is 3.37. The van der Waals surface area contributed by atoms with E-state index in [0.717, 1.165) is 0 Å². The molecular formula is C17H20ClFN4O4. The van der Waals surface area contributed by atoms with Crippen LogP contribution in [0.5, 0.6) is 5.75 Å². The number of hydrogen-bond donors (Lipinski definition) is 2. The highest BCUT2D eigenvalue weighted by atomic mass is 35.5. The largest absolute Gasteiger partial charge is 0.495 e. The van der Waals surface area contributed by atoms with Crippen LogP contribution in [0.3, 0.4) is 0 Å². The zero-order valence-corrected chi connectivity index (χ0v) is 15.5. The first-order valence-electron chi connectivity index (χ1n) is 8.56. The number of urea groups is 1. The summed E-state index contributed by atoms with van der Waals surface area (Å²) >= 11 is 5.85. The van der Waals surface area contributed by atoms with Crippen molar-refractivity contribution in [3.63, 3.8) is 0 Å². The van der Waals surface area contributed by atoms with Crippen LogP contribution < -0.4 is 20.3 Å². The number of ether oxygens (including phenoxy) is 1. The van der Waals surface area contributed by atoms with Gasteiger partial charge in [0, 0.05) is 44.4 Å². The molecule has 1 aromatic carbocycles. The Kier molecular flexibility index (Phi) is 5.69. The van der Waals surface area contributed by atoms with Gasteiger partial charge in [0.2, 0.25) is 5.91 Å². The van der Waals surface area contributed by atoms with Crippen LogP contribution in [-0.4, -0.2) is 62.1 Å². The highest BCUT2D eigenvalue weighted by molar-refractivity contribution is 6.32. The Morgan fingerprint density at radius 2 is 2.00 bits per heavy atom. The lowest BCUT2D eigenvalue weighted by atomic mass is 10.1. The topological polar surface area (TPSA) is 91.0 Å². The SMILES string of the molecule is COc1cc(N2CCN(C(=O)CC[C@H]3NC(=O)NC3=O)CC2)cc(F)c1Cl. The number of carbonyl (C=O) groups is 3. The first-order chi connectivity index (χ1) is 12.9. The van der Waals surface area contributed by atoms with E-state index < -0.39 is 23.8 Å². The van der Waals surface area contributed by atoms with Crippen molar-refractivity contribution in [3.05, 3.63) is 23.0 Å². The molecule has 4 amide bonds. The van der Waals surface area contributed by atoms with Crippen LogP contribution in [0.25, 0.3) is 0 Å². The van der Waals surface area contributed by atoms with Gasteiger partial charge in [0.15, 0.2) is 0 Å². The monoisotopic (exact) mass is 398 g/mol. The van der Waals surface area contributed by atoms with Gasteiger partial charge >= 0.3 is 6.03 Å². The number of anilines is 1. The van der Waals surface area contributed by atoms with E-state index in [-0.39, 0.29) is 29.5 Å². The number of benzene rings is 1. The molecule has 3 rings (SSSR count). The van der Waals surface area contributed by atoms with E-state index in [9.17, 15) is 18.8 Å². The van der Waals surface area contributed by atoms with Crippen LogP contribution in [0.2, 0.25) is 5.02 Å². The van der Waals surface area contributed by atoms with E-state index in [1.807, 2.05) is 4.90 Å². The van der Waals surface area contributed by atoms with E-state index >= 15 is 0 Å². The van der Waals surface area contributed by atoms with Crippen molar-refractivity contribution in [2.75, 3.05) is 38.2 Å². The molecule has 0 saturated carbocycles. The van der Waals surface area contributed by atoms with Gasteiger partial charge in [-0.3, -0.25) is 14.9 Å². The van der Waals surface area contributed by atoms with Crippen molar-refractivity contribution in [2.45, 2.75) is 18.9 Å². The first kappa shape index (κ1) is 19.2. The van der Waals surface area contributed by atoms with Gasteiger partial charge in [0.1, 0.15) is 22.6 Å². The summed E-state index contributed by atoms with van der Waals surface area (Å²) < 4.78 is 19.0. The van der Waals surface area contributed by atoms with Crippen molar-refractivity contribution in [1.82, 2.24) is 15.5 Å². The number of hydrogen-bond acceptors (Lipinski definition) is 5. The predicted molar refractivity (Wildman–Crippen MR) is 96.5 cm³/mol. The van der Waals surface area contributed by atoms with Crippen molar-refractivity contribution < 1.29 is 23.5 Å². The molecule has 2 heterocycles. The number of amides is 4. The van der Waals surface area contributed by atoms with Gasteiger partial charge in [-0.2, -0.15) is 0 Å². The second-order valence-electron chi connectivity index (χ2n) is 6.37. The second-order valence-corrected chi connectivity index (χ2v) is 6.74. The summed E-state index contributed by atoms with van der Waals surface area (Å²) in [5.74, 6) is -0.775. The number of methoxy groups -OCH3 is 1. The van der Waals surface area contributed by atoms with Gasteiger partial charge in [0.25, 0.3) is 5.91 Å². The van der Waals surface area contributed by atoms with E-state index in [1.54, 1.807) is 11.0 Å². The maximum absolute atomic E-state index is 13.9. The Hall–Kier alpha value is -2.55. The Labute approximate surface area is 160 Å². The minimum absolute atomic E-state index is 0.0573. The summed E-state index contributed by atoms with van der Waals surface area (Å²) in [6, 6.07) is 1.83. The molecule has 2 aliphatic rings. The van der Waals surface area contributed by atoms with Crippen molar-refractivity contribution in [2.24, 2.45) is 0 Å². The third kappa shape index (κ3) is 4.24. The van der Waals surface area contributed by atoms with Crippen LogP contribution >= 0.6 is 11.6 Å². The molecule has 0 aliphatic carbocycles. The molecule has 1 aromatic rings. The number of nitrogens with zero attached hydrogens (tertiary/aromatic N) is 2. The molecule has 2 fully saturated rings. The first-order valence-corrected chi connectivity index (χ1v) is 8.94. The summed E-state index contributed by atoms with van der Waals surface area (Å²) in [4.78, 5) is 38.6. The lowest BCUT2D eigenvalue weighted by molar-refractivity contribution is -0.131. The van der Waals surface area contributed by atoms with Gasteiger partial charge < -0.3 is 19.9 Å². The van der Waals surface area contributed by atoms with Gasteiger partial charge in [-0.25, -0.2) is 9.18 Å². The fraction of sp³-hybridized carbons (Fsp3) is 0.471. The molecule has 10 heteroatoms. The summed E-state index contributed by atoms with van der Waals surface area (Å²) in [6.07, 6.45) is 0.429. The second kappa shape index (κ2) is 7.99. The highest BCUT2D eigenvalue weighted by Gasteiger charge is 2.30. The molecule has 0 unspecified atom stereocenters. The molecule has 1 atom stereocenters. The molecular weight excluding hydrogens is 379 g/mol. The minimum Gasteiger partial charge on any atom is -0.495 e. The van der Waals surface area contributed by atoms with Gasteiger partial charge in [-0.1, -0.05) is 11.6 Å². The third-order valence-electron chi connectivity index (χ3n) is 4.70. The third-order valence-corrected chi connectivity index (χ3v) is 5.07. The van der Waals surface area contributed by atoms with Gasteiger partial charge in [-0.05, 0) is 12.5 Å². The molecule has 0 radical (unpaired) electrons. The lowest BCUT2D eigenvalue weighted by Gasteiger charge is -2.36. The molecule has 146 valence electrons. The maximum Gasteiger partial charge on any atom is 0.322 e. The fourth-order valence-electron chi connectivity index (χ4n) is 3.18. The number of piperazine rings is 1. The van der Waals surface area contributed by atoms with Crippen LogP contribution in [0.1, 0.15) is 12.8 Å². The number of halogens is 2. The van der Waals surface area contributed by atoms with Crippen LogP contribution in [0, 0.1) is 5.82 Å². The molecule has 2 N–H and O–H groups in total.